The standard InChI is InChI=1S/C24H24N4O3/c1-15(29)26-17-9-7-16(8-10-17)20-11-12-25-24-21(20)14-22(31-24)23(30)27-18-5-4-6-19(13-18)28(2)3/h4-13,22H,14H2,1-3H3,(H,26,29)(H,27,30). The van der Waals surface area contributed by atoms with E-state index in [0.29, 0.717) is 12.3 Å². The molecule has 0 spiro atoms. The van der Waals surface area contributed by atoms with Crippen LogP contribution in [0.15, 0.2) is 60.8 Å². The van der Waals surface area contributed by atoms with E-state index in [2.05, 4.69) is 15.6 Å². The molecule has 1 aromatic heterocycles. The molecule has 2 aromatic carbocycles. The maximum absolute atomic E-state index is 12.8. The Labute approximate surface area is 181 Å². The molecule has 0 saturated carbocycles. The van der Waals surface area contributed by atoms with E-state index in [4.69, 9.17) is 4.74 Å². The first-order valence-corrected chi connectivity index (χ1v) is 10.0. The van der Waals surface area contributed by atoms with Gasteiger partial charge in [0.15, 0.2) is 6.10 Å². The van der Waals surface area contributed by atoms with Crippen molar-refractivity contribution in [3.63, 3.8) is 0 Å². The molecule has 0 fully saturated rings. The van der Waals surface area contributed by atoms with Crippen molar-refractivity contribution in [3.05, 3.63) is 66.4 Å². The second kappa shape index (κ2) is 8.47. The van der Waals surface area contributed by atoms with Crippen LogP contribution in [0.25, 0.3) is 11.1 Å². The second-order valence-electron chi connectivity index (χ2n) is 7.65. The monoisotopic (exact) mass is 416 g/mol. The number of anilines is 3. The van der Waals surface area contributed by atoms with Crippen LogP contribution in [0.5, 0.6) is 5.88 Å². The number of carbonyl (C=O) groups excluding carboxylic acids is 2. The van der Waals surface area contributed by atoms with E-state index >= 15 is 0 Å². The molecular formula is C24H24N4O3. The van der Waals surface area contributed by atoms with Gasteiger partial charge in [0.05, 0.1) is 0 Å². The Morgan fingerprint density at radius 3 is 2.52 bits per heavy atom. The highest BCUT2D eigenvalue weighted by atomic mass is 16.5. The van der Waals surface area contributed by atoms with Crippen molar-refractivity contribution in [1.29, 1.82) is 0 Å². The first kappa shape index (κ1) is 20.4. The maximum Gasteiger partial charge on any atom is 0.265 e. The van der Waals surface area contributed by atoms with Crippen molar-refractivity contribution in [3.8, 4) is 17.0 Å². The highest BCUT2D eigenvalue weighted by Crippen LogP contribution is 2.36. The lowest BCUT2D eigenvalue weighted by Crippen LogP contribution is -2.31. The molecule has 0 saturated heterocycles. The van der Waals surface area contributed by atoms with Gasteiger partial charge in [-0.05, 0) is 47.5 Å². The van der Waals surface area contributed by atoms with Crippen LogP contribution in [-0.2, 0) is 16.0 Å². The lowest BCUT2D eigenvalue weighted by atomic mass is 9.98. The molecule has 1 aliphatic heterocycles. The number of nitrogens with zero attached hydrogens (tertiary/aromatic N) is 2. The zero-order valence-corrected chi connectivity index (χ0v) is 17.7. The van der Waals surface area contributed by atoms with Gasteiger partial charge in [-0.2, -0.15) is 0 Å². The third kappa shape index (κ3) is 4.50. The molecule has 2 amide bonds. The number of ether oxygens (including phenoxy) is 1. The normalized spacial score (nSPS) is 14.4. The predicted octanol–water partition coefficient (Wildman–Crippen LogP) is 3.72. The molecule has 2 N–H and O–H groups in total. The minimum absolute atomic E-state index is 0.115. The predicted molar refractivity (Wildman–Crippen MR) is 121 cm³/mol. The first-order valence-electron chi connectivity index (χ1n) is 10.0. The fourth-order valence-electron chi connectivity index (χ4n) is 3.57. The molecule has 31 heavy (non-hydrogen) atoms. The number of hydrogen-bond donors (Lipinski definition) is 2. The van der Waals surface area contributed by atoms with Gasteiger partial charge in [0.2, 0.25) is 11.8 Å². The number of aromatic nitrogens is 1. The Kier molecular flexibility index (Phi) is 5.58. The summed E-state index contributed by atoms with van der Waals surface area (Å²) in [6.07, 6.45) is 1.47. The molecule has 1 aliphatic rings. The molecule has 158 valence electrons. The van der Waals surface area contributed by atoms with Gasteiger partial charge in [-0.15, -0.1) is 0 Å². The molecule has 1 unspecified atom stereocenters. The van der Waals surface area contributed by atoms with Crippen molar-refractivity contribution < 1.29 is 14.3 Å². The zero-order chi connectivity index (χ0) is 22.0. The van der Waals surface area contributed by atoms with Gasteiger partial charge in [0, 0.05) is 56.3 Å². The molecule has 0 radical (unpaired) electrons. The van der Waals surface area contributed by atoms with Crippen LogP contribution in [0.3, 0.4) is 0 Å². The van der Waals surface area contributed by atoms with Crippen LogP contribution >= 0.6 is 0 Å². The van der Waals surface area contributed by atoms with Crippen LogP contribution in [0.1, 0.15) is 12.5 Å². The molecule has 0 aliphatic carbocycles. The molecule has 1 atom stereocenters. The Morgan fingerprint density at radius 2 is 1.81 bits per heavy atom. The topological polar surface area (TPSA) is 83.6 Å². The summed E-state index contributed by atoms with van der Waals surface area (Å²) >= 11 is 0. The number of nitrogens with one attached hydrogen (secondary N) is 2. The van der Waals surface area contributed by atoms with Crippen LogP contribution in [0.2, 0.25) is 0 Å². The summed E-state index contributed by atoms with van der Waals surface area (Å²) in [7, 11) is 3.90. The zero-order valence-electron chi connectivity index (χ0n) is 17.7. The number of fused-ring (bicyclic) bond motifs is 1. The Hall–Kier alpha value is -3.87. The van der Waals surface area contributed by atoms with Crippen molar-refractivity contribution in [2.24, 2.45) is 0 Å². The second-order valence-corrected chi connectivity index (χ2v) is 7.65. The summed E-state index contributed by atoms with van der Waals surface area (Å²) in [6, 6.07) is 17.1. The van der Waals surface area contributed by atoms with Gasteiger partial charge in [-0.3, -0.25) is 9.59 Å². The summed E-state index contributed by atoms with van der Waals surface area (Å²) in [5, 5.41) is 5.70. The van der Waals surface area contributed by atoms with E-state index in [1.54, 1.807) is 6.20 Å². The summed E-state index contributed by atoms with van der Waals surface area (Å²) in [4.78, 5) is 30.4. The Balaban J connectivity index is 1.51. The number of benzene rings is 2. The molecule has 7 nitrogen and oxygen atoms in total. The number of hydrogen-bond acceptors (Lipinski definition) is 5. The van der Waals surface area contributed by atoms with Gasteiger partial charge in [-0.1, -0.05) is 18.2 Å². The summed E-state index contributed by atoms with van der Waals surface area (Å²) < 4.78 is 5.87. The summed E-state index contributed by atoms with van der Waals surface area (Å²) in [6.45, 7) is 1.48. The van der Waals surface area contributed by atoms with Crippen LogP contribution in [0, 0.1) is 0 Å². The Bertz CT molecular complexity index is 1130. The molecule has 2 heterocycles. The van der Waals surface area contributed by atoms with Gasteiger partial charge < -0.3 is 20.3 Å². The van der Waals surface area contributed by atoms with Gasteiger partial charge >= 0.3 is 0 Å². The fourth-order valence-corrected chi connectivity index (χ4v) is 3.57. The number of pyridine rings is 1. The SMILES string of the molecule is CC(=O)Nc1ccc(-c2ccnc3c2CC(C(=O)Nc2cccc(N(C)C)c2)O3)cc1. The average molecular weight is 416 g/mol. The first-order chi connectivity index (χ1) is 14.9. The quantitative estimate of drug-likeness (QED) is 0.662. The largest absolute Gasteiger partial charge is 0.464 e. The van der Waals surface area contributed by atoms with E-state index in [9.17, 15) is 9.59 Å². The highest BCUT2D eigenvalue weighted by molar-refractivity contribution is 5.96. The van der Waals surface area contributed by atoms with Crippen molar-refractivity contribution in [2.75, 3.05) is 29.6 Å². The van der Waals surface area contributed by atoms with Crippen molar-refractivity contribution in [2.45, 2.75) is 19.4 Å². The maximum atomic E-state index is 12.8. The molecule has 4 rings (SSSR count). The minimum atomic E-state index is -0.648. The van der Waals surface area contributed by atoms with Crippen LogP contribution < -0.4 is 20.3 Å². The number of carbonyl (C=O) groups is 2. The smallest absolute Gasteiger partial charge is 0.265 e. The van der Waals surface area contributed by atoms with Gasteiger partial charge in [-0.25, -0.2) is 4.98 Å². The van der Waals surface area contributed by atoms with E-state index in [1.165, 1.54) is 6.92 Å². The lowest BCUT2D eigenvalue weighted by molar-refractivity contribution is -0.122. The van der Waals surface area contributed by atoms with Crippen LogP contribution in [0.4, 0.5) is 17.1 Å². The Morgan fingerprint density at radius 1 is 1.03 bits per heavy atom. The summed E-state index contributed by atoms with van der Waals surface area (Å²) in [5.41, 5.74) is 5.28. The number of amides is 2. The highest BCUT2D eigenvalue weighted by Gasteiger charge is 2.32. The van der Waals surface area contributed by atoms with Gasteiger partial charge in [0.25, 0.3) is 5.91 Å². The van der Waals surface area contributed by atoms with Crippen molar-refractivity contribution in [1.82, 2.24) is 4.98 Å². The number of rotatable bonds is 5. The molecular weight excluding hydrogens is 392 g/mol. The van der Waals surface area contributed by atoms with E-state index in [0.717, 1.165) is 33.8 Å². The third-order valence-electron chi connectivity index (χ3n) is 5.10. The van der Waals surface area contributed by atoms with E-state index in [1.807, 2.05) is 73.6 Å². The average Bonchev–Trinajstić information content (AvgIpc) is 3.19. The lowest BCUT2D eigenvalue weighted by Gasteiger charge is -2.15. The third-order valence-corrected chi connectivity index (χ3v) is 5.10. The van der Waals surface area contributed by atoms with Gasteiger partial charge in [0.1, 0.15) is 0 Å². The van der Waals surface area contributed by atoms with E-state index in [-0.39, 0.29) is 11.8 Å². The molecule has 3 aromatic rings. The minimum Gasteiger partial charge on any atom is -0.464 e. The molecule has 7 heteroatoms. The van der Waals surface area contributed by atoms with Crippen LogP contribution in [-0.4, -0.2) is 37.0 Å². The van der Waals surface area contributed by atoms with E-state index < -0.39 is 6.10 Å². The molecule has 0 bridgehead atoms. The fraction of sp³-hybridized carbons (Fsp3) is 0.208. The summed E-state index contributed by atoms with van der Waals surface area (Å²) in [5.74, 6) is 0.155. The van der Waals surface area contributed by atoms with Crippen molar-refractivity contribution >= 4 is 28.9 Å².